The van der Waals surface area contributed by atoms with Crippen LogP contribution in [0.25, 0.3) is 11.1 Å². The third-order valence-electron chi connectivity index (χ3n) is 2.71. The number of pyridine rings is 1. The Hall–Kier alpha value is -2.55. The lowest BCUT2D eigenvalue weighted by Crippen LogP contribution is -2.07. The molecule has 0 aliphatic heterocycles. The van der Waals surface area contributed by atoms with Gasteiger partial charge in [0.1, 0.15) is 0 Å². The molecule has 1 aromatic carbocycles. The summed E-state index contributed by atoms with van der Waals surface area (Å²) in [6.07, 6.45) is -3.24. The van der Waals surface area contributed by atoms with Gasteiger partial charge in [0.05, 0.1) is 24.3 Å². The van der Waals surface area contributed by atoms with Gasteiger partial charge in [-0.05, 0) is 23.8 Å². The van der Waals surface area contributed by atoms with E-state index in [0.717, 1.165) is 6.07 Å². The highest BCUT2D eigenvalue weighted by Crippen LogP contribution is 2.37. The molecule has 1 aromatic heterocycles. The first-order valence-corrected chi connectivity index (χ1v) is 5.57. The van der Waals surface area contributed by atoms with E-state index in [4.69, 9.17) is 10.00 Å². The molecule has 0 aliphatic carbocycles. The van der Waals surface area contributed by atoms with E-state index in [2.05, 4.69) is 4.98 Å². The van der Waals surface area contributed by atoms with Crippen LogP contribution < -0.4 is 4.74 Å². The molecule has 0 radical (unpaired) electrons. The van der Waals surface area contributed by atoms with Gasteiger partial charge in [-0.25, -0.2) is 4.98 Å². The molecule has 0 unspecified atom stereocenters. The van der Waals surface area contributed by atoms with Crippen LogP contribution in [0.3, 0.4) is 0 Å². The van der Waals surface area contributed by atoms with Gasteiger partial charge >= 0.3 is 6.18 Å². The molecule has 0 bridgehead atoms. The maximum atomic E-state index is 13.0. The summed E-state index contributed by atoms with van der Waals surface area (Å²) in [5.74, 6) is 0.316. The predicted molar refractivity (Wildman–Crippen MR) is 65.9 cm³/mol. The summed E-state index contributed by atoms with van der Waals surface area (Å²) in [6.45, 7) is 0. The van der Waals surface area contributed by atoms with Crippen LogP contribution in [0.2, 0.25) is 0 Å². The topological polar surface area (TPSA) is 45.9 Å². The van der Waals surface area contributed by atoms with Crippen LogP contribution in [0.5, 0.6) is 5.88 Å². The second-order valence-corrected chi connectivity index (χ2v) is 3.96. The number of halogens is 3. The van der Waals surface area contributed by atoms with Crippen LogP contribution in [0.4, 0.5) is 13.2 Å². The number of methoxy groups -OCH3 is 1. The number of hydrogen-bond acceptors (Lipinski definition) is 3. The normalized spacial score (nSPS) is 10.9. The Labute approximate surface area is 113 Å². The minimum atomic E-state index is -4.54. The van der Waals surface area contributed by atoms with Crippen molar-refractivity contribution in [2.75, 3.05) is 7.11 Å². The lowest BCUT2D eigenvalue weighted by molar-refractivity contribution is -0.137. The maximum Gasteiger partial charge on any atom is 0.417 e. The second kappa shape index (κ2) is 5.21. The average Bonchev–Trinajstić information content (AvgIpc) is 2.46. The fourth-order valence-electron chi connectivity index (χ4n) is 1.76. The molecular formula is C14H9F3N2O. The lowest BCUT2D eigenvalue weighted by atomic mass is 9.98. The van der Waals surface area contributed by atoms with Crippen molar-refractivity contribution in [2.24, 2.45) is 0 Å². The largest absolute Gasteiger partial charge is 0.481 e. The molecule has 0 amide bonds. The smallest absolute Gasteiger partial charge is 0.417 e. The highest BCUT2D eigenvalue weighted by molar-refractivity contribution is 5.68. The maximum absolute atomic E-state index is 13.0. The fraction of sp³-hybridized carbons (Fsp3) is 0.143. The van der Waals surface area contributed by atoms with Crippen LogP contribution in [0.15, 0.2) is 36.5 Å². The molecule has 0 saturated carbocycles. The summed E-state index contributed by atoms with van der Waals surface area (Å²) in [4.78, 5) is 3.88. The first-order valence-electron chi connectivity index (χ1n) is 5.57. The van der Waals surface area contributed by atoms with Gasteiger partial charge in [0.15, 0.2) is 0 Å². The summed E-state index contributed by atoms with van der Waals surface area (Å²) in [5, 5.41) is 8.71. The van der Waals surface area contributed by atoms with Gasteiger partial charge in [0.25, 0.3) is 0 Å². The summed E-state index contributed by atoms with van der Waals surface area (Å²) in [7, 11) is 1.42. The van der Waals surface area contributed by atoms with E-state index in [1.165, 1.54) is 37.6 Å². The number of benzene rings is 1. The Bertz CT molecular complexity index is 658. The SMILES string of the molecule is COc1ccc(-c2ccc(C#N)cc2C(F)(F)F)cn1. The summed E-state index contributed by atoms with van der Waals surface area (Å²) in [5.41, 5.74) is -0.611. The van der Waals surface area contributed by atoms with E-state index in [-0.39, 0.29) is 11.1 Å². The minimum Gasteiger partial charge on any atom is -0.481 e. The number of ether oxygens (including phenoxy) is 1. The van der Waals surface area contributed by atoms with Crippen molar-refractivity contribution >= 4 is 0 Å². The Morgan fingerprint density at radius 2 is 1.95 bits per heavy atom. The molecule has 0 spiro atoms. The van der Waals surface area contributed by atoms with Gasteiger partial charge in [0.2, 0.25) is 5.88 Å². The lowest BCUT2D eigenvalue weighted by Gasteiger charge is -2.13. The number of hydrogen-bond donors (Lipinski definition) is 0. The van der Waals surface area contributed by atoms with Gasteiger partial charge in [-0.1, -0.05) is 6.07 Å². The molecule has 3 nitrogen and oxygen atoms in total. The van der Waals surface area contributed by atoms with Gasteiger partial charge in [-0.2, -0.15) is 18.4 Å². The number of rotatable bonds is 2. The number of nitrogens with zero attached hydrogens (tertiary/aromatic N) is 2. The Morgan fingerprint density at radius 1 is 1.20 bits per heavy atom. The van der Waals surface area contributed by atoms with Gasteiger partial charge < -0.3 is 4.74 Å². The molecule has 0 fully saturated rings. The van der Waals surface area contributed by atoms with Crippen LogP contribution in [0.1, 0.15) is 11.1 Å². The minimum absolute atomic E-state index is 0.0216. The molecular weight excluding hydrogens is 269 g/mol. The average molecular weight is 278 g/mol. The number of aromatic nitrogens is 1. The third-order valence-corrected chi connectivity index (χ3v) is 2.71. The van der Waals surface area contributed by atoms with E-state index < -0.39 is 11.7 Å². The summed E-state index contributed by atoms with van der Waals surface area (Å²) >= 11 is 0. The summed E-state index contributed by atoms with van der Waals surface area (Å²) < 4.78 is 44.0. The van der Waals surface area contributed by atoms with Crippen molar-refractivity contribution in [3.8, 4) is 23.1 Å². The van der Waals surface area contributed by atoms with Crippen LogP contribution >= 0.6 is 0 Å². The number of nitriles is 1. The van der Waals surface area contributed by atoms with Crippen LogP contribution in [-0.2, 0) is 6.18 Å². The zero-order chi connectivity index (χ0) is 14.8. The zero-order valence-corrected chi connectivity index (χ0v) is 10.4. The molecule has 20 heavy (non-hydrogen) atoms. The van der Waals surface area contributed by atoms with E-state index in [0.29, 0.717) is 11.4 Å². The van der Waals surface area contributed by atoms with Crippen LogP contribution in [-0.4, -0.2) is 12.1 Å². The summed E-state index contributed by atoms with van der Waals surface area (Å²) in [6, 6.07) is 8.11. The zero-order valence-electron chi connectivity index (χ0n) is 10.4. The van der Waals surface area contributed by atoms with E-state index >= 15 is 0 Å². The van der Waals surface area contributed by atoms with Crippen molar-refractivity contribution in [2.45, 2.75) is 6.18 Å². The van der Waals surface area contributed by atoms with E-state index in [9.17, 15) is 13.2 Å². The Morgan fingerprint density at radius 3 is 2.45 bits per heavy atom. The molecule has 2 aromatic rings. The quantitative estimate of drug-likeness (QED) is 0.842. The number of alkyl halides is 3. The molecule has 0 aliphatic rings. The highest BCUT2D eigenvalue weighted by Gasteiger charge is 2.34. The van der Waals surface area contributed by atoms with E-state index in [1.54, 1.807) is 6.07 Å². The molecule has 0 N–H and O–H groups in total. The fourth-order valence-corrected chi connectivity index (χ4v) is 1.76. The Kier molecular flexibility index (Phi) is 3.61. The molecule has 6 heteroatoms. The van der Waals surface area contributed by atoms with Gasteiger partial charge in [-0.3, -0.25) is 0 Å². The molecule has 2 rings (SSSR count). The molecule has 0 saturated heterocycles. The Balaban J connectivity index is 2.58. The van der Waals surface area contributed by atoms with Crippen molar-refractivity contribution in [1.82, 2.24) is 4.98 Å². The van der Waals surface area contributed by atoms with Crippen molar-refractivity contribution in [1.29, 1.82) is 5.26 Å². The first kappa shape index (κ1) is 13.9. The monoisotopic (exact) mass is 278 g/mol. The van der Waals surface area contributed by atoms with E-state index in [1.807, 2.05) is 0 Å². The molecule has 0 atom stereocenters. The predicted octanol–water partition coefficient (Wildman–Crippen LogP) is 3.65. The standard InChI is InChI=1S/C14H9F3N2O/c1-20-13-5-3-10(8-19-13)11-4-2-9(7-18)6-12(11)14(15,16)17/h2-6,8H,1H3. The first-order chi connectivity index (χ1) is 9.45. The molecule has 102 valence electrons. The van der Waals surface area contributed by atoms with Crippen molar-refractivity contribution in [3.63, 3.8) is 0 Å². The second-order valence-electron chi connectivity index (χ2n) is 3.96. The van der Waals surface area contributed by atoms with Crippen molar-refractivity contribution < 1.29 is 17.9 Å². The third kappa shape index (κ3) is 2.72. The van der Waals surface area contributed by atoms with Gasteiger partial charge in [-0.15, -0.1) is 0 Å². The van der Waals surface area contributed by atoms with Crippen LogP contribution in [0, 0.1) is 11.3 Å². The highest BCUT2D eigenvalue weighted by atomic mass is 19.4. The molecule has 1 heterocycles. The van der Waals surface area contributed by atoms with Crippen molar-refractivity contribution in [3.05, 3.63) is 47.7 Å². The van der Waals surface area contributed by atoms with Gasteiger partial charge in [0, 0.05) is 17.8 Å².